The molecule has 92 valence electrons. The maximum atomic E-state index is 11.7. The van der Waals surface area contributed by atoms with Crippen molar-refractivity contribution in [3.8, 4) is 0 Å². The second-order valence-electron chi connectivity index (χ2n) is 3.94. The highest BCUT2D eigenvalue weighted by Gasteiger charge is 2.05. The van der Waals surface area contributed by atoms with Crippen LogP contribution < -0.4 is 4.90 Å². The highest BCUT2D eigenvalue weighted by Crippen LogP contribution is 2.15. The van der Waals surface area contributed by atoms with Gasteiger partial charge in [-0.1, -0.05) is 6.08 Å². The lowest BCUT2D eigenvalue weighted by Crippen LogP contribution is -2.21. The van der Waals surface area contributed by atoms with E-state index in [9.17, 15) is 4.79 Å². The molecule has 0 unspecified atom stereocenters. The van der Waals surface area contributed by atoms with Gasteiger partial charge in [0.05, 0.1) is 6.61 Å². The second kappa shape index (κ2) is 6.86. The maximum absolute atomic E-state index is 11.7. The molecule has 0 saturated carbocycles. The third kappa shape index (κ3) is 4.04. The molecule has 1 aromatic rings. The van der Waals surface area contributed by atoms with E-state index in [-0.39, 0.29) is 12.4 Å². The summed E-state index contributed by atoms with van der Waals surface area (Å²) in [6.07, 6.45) is 2.97. The summed E-state index contributed by atoms with van der Waals surface area (Å²) in [5.74, 6) is 0.140. The van der Waals surface area contributed by atoms with Gasteiger partial charge in [0.25, 0.3) is 0 Å². The molecule has 0 aromatic heterocycles. The fourth-order valence-electron chi connectivity index (χ4n) is 1.56. The van der Waals surface area contributed by atoms with Gasteiger partial charge in [-0.3, -0.25) is 4.79 Å². The molecule has 0 heterocycles. The van der Waals surface area contributed by atoms with E-state index in [0.29, 0.717) is 19.4 Å². The number of allylic oxidation sites excluding steroid dienone is 1. The summed E-state index contributed by atoms with van der Waals surface area (Å²) in [7, 11) is 1.91. The molecule has 0 saturated heterocycles. The first-order chi connectivity index (χ1) is 8.19. The number of Topliss-reactive ketones (excluding diaryl/α,β-unsaturated/α-hetero) is 1. The third-order valence-electron chi connectivity index (χ3n) is 2.64. The molecule has 0 bridgehead atoms. The molecular formula is C14H19NO2. The topological polar surface area (TPSA) is 40.5 Å². The minimum Gasteiger partial charge on any atom is -0.395 e. The Kier molecular flexibility index (Phi) is 5.43. The minimum absolute atomic E-state index is 0.122. The van der Waals surface area contributed by atoms with Gasteiger partial charge in [-0.05, 0) is 30.7 Å². The summed E-state index contributed by atoms with van der Waals surface area (Å²) in [6.45, 7) is 4.31. The van der Waals surface area contributed by atoms with Crippen LogP contribution in [0.2, 0.25) is 0 Å². The van der Waals surface area contributed by atoms with Gasteiger partial charge >= 0.3 is 0 Å². The first-order valence-electron chi connectivity index (χ1n) is 5.75. The van der Waals surface area contributed by atoms with Crippen molar-refractivity contribution in [3.63, 3.8) is 0 Å². The average Bonchev–Trinajstić information content (AvgIpc) is 2.36. The third-order valence-corrected chi connectivity index (χ3v) is 2.64. The maximum Gasteiger partial charge on any atom is 0.163 e. The molecule has 0 aliphatic heterocycles. The Morgan fingerprint density at radius 2 is 2.06 bits per heavy atom. The number of carbonyl (C=O) groups is 1. The van der Waals surface area contributed by atoms with Crippen molar-refractivity contribution < 1.29 is 9.90 Å². The first-order valence-corrected chi connectivity index (χ1v) is 5.75. The van der Waals surface area contributed by atoms with Gasteiger partial charge in [0.2, 0.25) is 0 Å². The van der Waals surface area contributed by atoms with E-state index in [1.807, 2.05) is 36.2 Å². The Hall–Kier alpha value is -1.61. The molecule has 0 spiro atoms. The Morgan fingerprint density at radius 1 is 1.41 bits per heavy atom. The van der Waals surface area contributed by atoms with E-state index in [1.165, 1.54) is 0 Å². The van der Waals surface area contributed by atoms with Gasteiger partial charge in [0, 0.05) is 31.3 Å². The molecule has 1 rings (SSSR count). The van der Waals surface area contributed by atoms with Crippen molar-refractivity contribution in [2.75, 3.05) is 25.1 Å². The summed E-state index contributed by atoms with van der Waals surface area (Å²) in [6, 6.07) is 7.46. The predicted octanol–water partition coefficient (Wildman–Crippen LogP) is 2.26. The quantitative estimate of drug-likeness (QED) is 0.580. The van der Waals surface area contributed by atoms with Crippen LogP contribution in [0.5, 0.6) is 0 Å². The standard InChI is InChI=1S/C14H19NO2/c1-3-4-5-14(17)12-6-8-13(9-7-12)15(2)10-11-16/h3,6-9,16H,1,4-5,10-11H2,2H3. The fourth-order valence-corrected chi connectivity index (χ4v) is 1.56. The van der Waals surface area contributed by atoms with Gasteiger partial charge in [0.15, 0.2) is 5.78 Å². The summed E-state index contributed by atoms with van der Waals surface area (Å²) in [5, 5.41) is 8.83. The number of anilines is 1. The lowest BCUT2D eigenvalue weighted by atomic mass is 10.1. The number of rotatable bonds is 7. The highest BCUT2D eigenvalue weighted by atomic mass is 16.3. The molecular weight excluding hydrogens is 214 g/mol. The van der Waals surface area contributed by atoms with E-state index >= 15 is 0 Å². The van der Waals surface area contributed by atoms with Crippen LogP contribution in [-0.4, -0.2) is 31.1 Å². The van der Waals surface area contributed by atoms with Crippen LogP contribution in [0, 0.1) is 0 Å². The first kappa shape index (κ1) is 13.5. The summed E-state index contributed by atoms with van der Waals surface area (Å²) in [5.41, 5.74) is 1.73. The van der Waals surface area contributed by atoms with Crippen molar-refractivity contribution in [1.82, 2.24) is 0 Å². The number of benzene rings is 1. The van der Waals surface area contributed by atoms with Crippen molar-refractivity contribution in [2.45, 2.75) is 12.8 Å². The number of nitrogens with zero attached hydrogens (tertiary/aromatic N) is 1. The smallest absolute Gasteiger partial charge is 0.163 e. The minimum atomic E-state index is 0.122. The van der Waals surface area contributed by atoms with Crippen molar-refractivity contribution in [3.05, 3.63) is 42.5 Å². The van der Waals surface area contributed by atoms with Crippen LogP contribution in [0.3, 0.4) is 0 Å². The SMILES string of the molecule is C=CCCC(=O)c1ccc(N(C)CCO)cc1. The Balaban J connectivity index is 2.67. The average molecular weight is 233 g/mol. The van der Waals surface area contributed by atoms with Crippen LogP contribution in [0.25, 0.3) is 0 Å². The molecule has 1 N–H and O–H groups in total. The van der Waals surface area contributed by atoms with E-state index in [2.05, 4.69) is 6.58 Å². The number of aliphatic hydroxyl groups excluding tert-OH is 1. The van der Waals surface area contributed by atoms with Crippen molar-refractivity contribution in [2.24, 2.45) is 0 Å². The molecule has 17 heavy (non-hydrogen) atoms. The zero-order valence-corrected chi connectivity index (χ0v) is 10.2. The Labute approximate surface area is 102 Å². The molecule has 0 fully saturated rings. The lowest BCUT2D eigenvalue weighted by Gasteiger charge is -2.17. The van der Waals surface area contributed by atoms with Crippen LogP contribution in [0.1, 0.15) is 23.2 Å². The molecule has 3 nitrogen and oxygen atoms in total. The number of hydrogen-bond acceptors (Lipinski definition) is 3. The van der Waals surface area contributed by atoms with Gasteiger partial charge in [-0.15, -0.1) is 6.58 Å². The van der Waals surface area contributed by atoms with Crippen molar-refractivity contribution >= 4 is 11.5 Å². The van der Waals surface area contributed by atoms with Gasteiger partial charge in [0.1, 0.15) is 0 Å². The summed E-state index contributed by atoms with van der Waals surface area (Å²) >= 11 is 0. The predicted molar refractivity (Wildman–Crippen MR) is 70.6 cm³/mol. The van der Waals surface area contributed by atoms with E-state index < -0.39 is 0 Å². The molecule has 0 amide bonds. The Bertz CT molecular complexity index is 370. The molecule has 0 atom stereocenters. The van der Waals surface area contributed by atoms with Crippen LogP contribution >= 0.6 is 0 Å². The lowest BCUT2D eigenvalue weighted by molar-refractivity contribution is 0.0983. The Morgan fingerprint density at radius 3 is 2.59 bits per heavy atom. The van der Waals surface area contributed by atoms with Crippen molar-refractivity contribution in [1.29, 1.82) is 0 Å². The zero-order valence-electron chi connectivity index (χ0n) is 10.2. The van der Waals surface area contributed by atoms with Gasteiger partial charge in [-0.25, -0.2) is 0 Å². The number of carbonyl (C=O) groups excluding carboxylic acids is 1. The molecule has 0 aliphatic rings. The monoisotopic (exact) mass is 233 g/mol. The summed E-state index contributed by atoms with van der Waals surface area (Å²) in [4.78, 5) is 13.7. The number of hydrogen-bond donors (Lipinski definition) is 1. The zero-order chi connectivity index (χ0) is 12.7. The number of aliphatic hydroxyl groups is 1. The second-order valence-corrected chi connectivity index (χ2v) is 3.94. The number of ketones is 1. The normalized spacial score (nSPS) is 10.0. The molecule has 1 aromatic carbocycles. The van der Waals surface area contributed by atoms with E-state index in [0.717, 1.165) is 11.3 Å². The van der Waals surface area contributed by atoms with Gasteiger partial charge < -0.3 is 10.0 Å². The van der Waals surface area contributed by atoms with Crippen LogP contribution in [0.15, 0.2) is 36.9 Å². The largest absolute Gasteiger partial charge is 0.395 e. The molecule has 0 radical (unpaired) electrons. The van der Waals surface area contributed by atoms with Crippen LogP contribution in [-0.2, 0) is 0 Å². The summed E-state index contributed by atoms with van der Waals surface area (Å²) < 4.78 is 0. The molecule has 3 heteroatoms. The number of likely N-dealkylation sites (N-methyl/N-ethyl adjacent to an activating group) is 1. The van der Waals surface area contributed by atoms with Gasteiger partial charge in [-0.2, -0.15) is 0 Å². The molecule has 0 aliphatic carbocycles. The van der Waals surface area contributed by atoms with Crippen LogP contribution in [0.4, 0.5) is 5.69 Å². The van der Waals surface area contributed by atoms with E-state index in [1.54, 1.807) is 6.08 Å². The van der Waals surface area contributed by atoms with E-state index in [4.69, 9.17) is 5.11 Å². The fraction of sp³-hybridized carbons (Fsp3) is 0.357. The highest BCUT2D eigenvalue weighted by molar-refractivity contribution is 5.96.